The van der Waals surface area contributed by atoms with E-state index in [-0.39, 0.29) is 6.42 Å². The van der Waals surface area contributed by atoms with Gasteiger partial charge in [-0.15, -0.1) is 0 Å². The number of aliphatic carboxylic acids is 1. The Morgan fingerprint density at radius 1 is 0.737 bits per heavy atom. The van der Waals surface area contributed by atoms with Crippen LogP contribution in [0.2, 0.25) is 0 Å². The Morgan fingerprint density at radius 2 is 1.21 bits per heavy atom. The molecule has 0 spiro atoms. The average Bonchev–Trinajstić information content (AvgIpc) is 2.39. The van der Waals surface area contributed by atoms with Crippen LogP contribution in [0.4, 0.5) is 0 Å². The molecule has 0 bridgehead atoms. The van der Waals surface area contributed by atoms with Gasteiger partial charge in [-0.05, 0) is 32.1 Å². The zero-order chi connectivity index (χ0) is 14.2. The van der Waals surface area contributed by atoms with Gasteiger partial charge in [-0.3, -0.25) is 4.79 Å². The van der Waals surface area contributed by atoms with Crippen LogP contribution in [0.3, 0.4) is 0 Å². The molecule has 2 N–H and O–H groups in total. The van der Waals surface area contributed by atoms with E-state index in [1.165, 1.54) is 38.5 Å². The van der Waals surface area contributed by atoms with E-state index >= 15 is 0 Å². The van der Waals surface area contributed by atoms with E-state index in [0.29, 0.717) is 6.61 Å². The lowest BCUT2D eigenvalue weighted by atomic mass is 10.1. The van der Waals surface area contributed by atoms with E-state index in [1.807, 2.05) is 0 Å². The third kappa shape index (κ3) is 17.2. The van der Waals surface area contributed by atoms with E-state index in [2.05, 4.69) is 12.2 Å². The molecule has 0 rings (SSSR count). The molecular formula is C16H30O3. The van der Waals surface area contributed by atoms with E-state index in [1.54, 1.807) is 0 Å². The number of hydrogen-bond donors (Lipinski definition) is 2. The lowest BCUT2D eigenvalue weighted by molar-refractivity contribution is -0.137. The molecule has 3 nitrogen and oxygen atoms in total. The summed E-state index contributed by atoms with van der Waals surface area (Å²) in [5.41, 5.74) is 0. The smallest absolute Gasteiger partial charge is 0.303 e. The van der Waals surface area contributed by atoms with Crippen LogP contribution in [0.1, 0.15) is 77.0 Å². The van der Waals surface area contributed by atoms with Crippen molar-refractivity contribution in [3.05, 3.63) is 12.2 Å². The minimum absolute atomic E-state index is 0.278. The molecule has 0 saturated carbocycles. The first-order chi connectivity index (χ1) is 9.27. The number of aliphatic hydroxyl groups excluding tert-OH is 1. The molecular weight excluding hydrogens is 240 g/mol. The van der Waals surface area contributed by atoms with E-state index in [9.17, 15) is 4.79 Å². The van der Waals surface area contributed by atoms with Crippen molar-refractivity contribution in [3.63, 3.8) is 0 Å². The summed E-state index contributed by atoms with van der Waals surface area (Å²) in [6, 6.07) is 0. The van der Waals surface area contributed by atoms with Crippen LogP contribution in [0.25, 0.3) is 0 Å². The summed E-state index contributed by atoms with van der Waals surface area (Å²) in [6.07, 6.45) is 17.2. The Balaban J connectivity index is 3.05. The van der Waals surface area contributed by atoms with E-state index < -0.39 is 5.97 Å². The van der Waals surface area contributed by atoms with Gasteiger partial charge in [0.05, 0.1) is 0 Å². The maximum absolute atomic E-state index is 10.3. The third-order valence-electron chi connectivity index (χ3n) is 3.21. The third-order valence-corrected chi connectivity index (χ3v) is 3.21. The van der Waals surface area contributed by atoms with Crippen molar-refractivity contribution in [2.45, 2.75) is 77.0 Å². The number of carboxylic acids is 1. The highest BCUT2D eigenvalue weighted by Gasteiger charge is 1.93. The number of rotatable bonds is 14. The Morgan fingerprint density at radius 3 is 1.74 bits per heavy atom. The van der Waals surface area contributed by atoms with Crippen molar-refractivity contribution in [2.75, 3.05) is 6.61 Å². The molecule has 0 aromatic rings. The average molecular weight is 270 g/mol. The monoisotopic (exact) mass is 270 g/mol. The summed E-state index contributed by atoms with van der Waals surface area (Å²) in [6.45, 7) is 0.332. The van der Waals surface area contributed by atoms with Gasteiger partial charge in [-0.25, -0.2) is 0 Å². The molecule has 0 aliphatic carbocycles. The quantitative estimate of drug-likeness (QED) is 0.365. The van der Waals surface area contributed by atoms with Gasteiger partial charge in [0, 0.05) is 13.0 Å². The molecule has 0 amide bonds. The fourth-order valence-corrected chi connectivity index (χ4v) is 2.04. The van der Waals surface area contributed by atoms with Crippen molar-refractivity contribution in [3.8, 4) is 0 Å². The maximum Gasteiger partial charge on any atom is 0.303 e. The molecule has 0 aliphatic rings. The van der Waals surface area contributed by atoms with Crippen molar-refractivity contribution in [1.82, 2.24) is 0 Å². The van der Waals surface area contributed by atoms with Gasteiger partial charge in [0.15, 0.2) is 0 Å². The first-order valence-corrected chi connectivity index (χ1v) is 7.75. The van der Waals surface area contributed by atoms with Gasteiger partial charge in [-0.2, -0.15) is 0 Å². The number of carbonyl (C=O) groups is 1. The maximum atomic E-state index is 10.3. The minimum atomic E-state index is -0.701. The number of carboxylic acid groups (broad SMARTS) is 1. The Kier molecular flexibility index (Phi) is 14.6. The van der Waals surface area contributed by atoms with E-state index in [4.69, 9.17) is 10.2 Å². The molecule has 0 atom stereocenters. The normalized spacial score (nSPS) is 11.2. The fraction of sp³-hybridized carbons (Fsp3) is 0.812. The molecule has 0 unspecified atom stereocenters. The first kappa shape index (κ1) is 18.2. The van der Waals surface area contributed by atoms with Gasteiger partial charge in [0.1, 0.15) is 0 Å². The highest BCUT2D eigenvalue weighted by Crippen LogP contribution is 2.10. The summed E-state index contributed by atoms with van der Waals surface area (Å²) in [5, 5.41) is 17.1. The SMILES string of the molecule is O=C(O)CCCC=CCCCCCCCCCCO. The Bertz CT molecular complexity index is 224. The van der Waals surface area contributed by atoms with Gasteiger partial charge < -0.3 is 10.2 Å². The van der Waals surface area contributed by atoms with Gasteiger partial charge in [0.2, 0.25) is 0 Å². The topological polar surface area (TPSA) is 57.5 Å². The van der Waals surface area contributed by atoms with Crippen LogP contribution in [-0.2, 0) is 4.79 Å². The highest BCUT2D eigenvalue weighted by atomic mass is 16.4. The van der Waals surface area contributed by atoms with Crippen LogP contribution < -0.4 is 0 Å². The van der Waals surface area contributed by atoms with Gasteiger partial charge in [0.25, 0.3) is 0 Å². The van der Waals surface area contributed by atoms with Crippen LogP contribution >= 0.6 is 0 Å². The second-order valence-electron chi connectivity index (χ2n) is 5.10. The molecule has 0 fully saturated rings. The molecule has 112 valence electrons. The van der Waals surface area contributed by atoms with Crippen molar-refractivity contribution >= 4 is 5.97 Å². The molecule has 0 saturated heterocycles. The molecule has 0 aliphatic heterocycles. The number of hydrogen-bond acceptors (Lipinski definition) is 2. The highest BCUT2D eigenvalue weighted by molar-refractivity contribution is 5.66. The predicted octanol–water partition coefficient (Wildman–Crippen LogP) is 4.30. The first-order valence-electron chi connectivity index (χ1n) is 7.75. The molecule has 0 radical (unpaired) electrons. The largest absolute Gasteiger partial charge is 0.481 e. The Hall–Kier alpha value is -0.830. The fourth-order valence-electron chi connectivity index (χ4n) is 2.04. The molecule has 0 aromatic carbocycles. The van der Waals surface area contributed by atoms with Crippen LogP contribution in [0.5, 0.6) is 0 Å². The zero-order valence-corrected chi connectivity index (χ0v) is 12.1. The number of unbranched alkanes of at least 4 members (excludes halogenated alkanes) is 9. The van der Waals surface area contributed by atoms with Crippen molar-refractivity contribution < 1.29 is 15.0 Å². The van der Waals surface area contributed by atoms with Crippen molar-refractivity contribution in [2.24, 2.45) is 0 Å². The number of aliphatic hydroxyl groups is 1. The second-order valence-corrected chi connectivity index (χ2v) is 5.10. The van der Waals surface area contributed by atoms with Crippen LogP contribution in [0.15, 0.2) is 12.2 Å². The summed E-state index contributed by atoms with van der Waals surface area (Å²) in [4.78, 5) is 10.3. The predicted molar refractivity (Wildman–Crippen MR) is 79.3 cm³/mol. The van der Waals surface area contributed by atoms with Crippen LogP contribution in [0, 0.1) is 0 Å². The van der Waals surface area contributed by atoms with Gasteiger partial charge >= 0.3 is 5.97 Å². The standard InChI is InChI=1S/C16H30O3/c17-15-13-11-9-7-5-3-1-2-4-6-8-10-12-14-16(18)19/h6,8,17H,1-5,7,9-15H2,(H,18,19). The summed E-state index contributed by atoms with van der Waals surface area (Å²) < 4.78 is 0. The van der Waals surface area contributed by atoms with Crippen LogP contribution in [-0.4, -0.2) is 22.8 Å². The number of allylic oxidation sites excluding steroid dienone is 2. The summed E-state index contributed by atoms with van der Waals surface area (Å²) >= 11 is 0. The zero-order valence-electron chi connectivity index (χ0n) is 12.1. The second kappa shape index (κ2) is 15.2. The van der Waals surface area contributed by atoms with Crippen molar-refractivity contribution in [1.29, 1.82) is 0 Å². The Labute approximate surface area is 117 Å². The summed E-state index contributed by atoms with van der Waals surface area (Å²) in [5.74, 6) is -0.701. The molecule has 19 heavy (non-hydrogen) atoms. The lowest BCUT2D eigenvalue weighted by Crippen LogP contribution is -1.92. The minimum Gasteiger partial charge on any atom is -0.481 e. The van der Waals surface area contributed by atoms with E-state index in [0.717, 1.165) is 32.1 Å². The molecule has 0 aromatic heterocycles. The van der Waals surface area contributed by atoms with Gasteiger partial charge in [-0.1, -0.05) is 50.7 Å². The lowest BCUT2D eigenvalue weighted by Gasteiger charge is -2.00. The molecule has 0 heterocycles. The summed E-state index contributed by atoms with van der Waals surface area (Å²) in [7, 11) is 0. The molecule has 3 heteroatoms.